The van der Waals surface area contributed by atoms with Gasteiger partial charge in [0.2, 0.25) is 5.91 Å². The molecule has 2 amide bonds. The number of amides is 2. The Morgan fingerprint density at radius 1 is 1.08 bits per heavy atom. The Balaban J connectivity index is 1.64. The second-order valence-electron chi connectivity index (χ2n) is 4.91. The van der Waals surface area contributed by atoms with Crippen molar-refractivity contribution < 1.29 is 19.1 Å². The molecule has 0 spiro atoms. The van der Waals surface area contributed by atoms with Crippen molar-refractivity contribution in [2.75, 3.05) is 13.1 Å². The van der Waals surface area contributed by atoms with E-state index in [9.17, 15) is 14.4 Å². The molecule has 0 atom stereocenters. The number of carbonyl (C=O) groups excluding carboxylic acids is 3. The molecule has 2 rings (SSSR count). The maximum Gasteiger partial charge on any atom is 0.325 e. The van der Waals surface area contributed by atoms with E-state index in [4.69, 9.17) is 10.00 Å². The number of nitriles is 1. The van der Waals surface area contributed by atoms with E-state index >= 15 is 0 Å². The van der Waals surface area contributed by atoms with Crippen LogP contribution in [0.4, 0.5) is 0 Å². The average molecular weight is 357 g/mol. The largest absolute Gasteiger partial charge is 0.460 e. The molecule has 1 aromatic carbocycles. The van der Waals surface area contributed by atoms with Crippen molar-refractivity contribution in [1.82, 2.24) is 10.6 Å². The lowest BCUT2D eigenvalue weighted by Crippen LogP contribution is -2.39. The number of carbonyl (C=O) groups is 3. The van der Waals surface area contributed by atoms with Crippen LogP contribution in [-0.2, 0) is 20.9 Å². The summed E-state index contributed by atoms with van der Waals surface area (Å²) in [5.74, 6) is -1.42. The predicted molar refractivity (Wildman–Crippen MR) is 90.6 cm³/mol. The van der Waals surface area contributed by atoms with Gasteiger partial charge in [-0.15, -0.1) is 11.3 Å². The minimum absolute atomic E-state index is 0.0511. The van der Waals surface area contributed by atoms with E-state index in [2.05, 4.69) is 10.6 Å². The molecule has 0 bridgehead atoms. The molecule has 0 unspecified atom stereocenters. The zero-order chi connectivity index (χ0) is 18.1. The summed E-state index contributed by atoms with van der Waals surface area (Å²) in [5, 5.41) is 15.3. The Bertz CT molecular complexity index is 779. The summed E-state index contributed by atoms with van der Waals surface area (Å²) < 4.78 is 5.01. The predicted octanol–water partition coefficient (Wildman–Crippen LogP) is 1.21. The van der Waals surface area contributed by atoms with Gasteiger partial charge in [0.15, 0.2) is 0 Å². The Kier molecular flexibility index (Phi) is 6.68. The molecule has 0 aliphatic carbocycles. The van der Waals surface area contributed by atoms with Gasteiger partial charge in [-0.25, -0.2) is 0 Å². The van der Waals surface area contributed by atoms with Gasteiger partial charge in [0, 0.05) is 0 Å². The quantitative estimate of drug-likeness (QED) is 0.724. The van der Waals surface area contributed by atoms with Crippen LogP contribution in [0, 0.1) is 11.3 Å². The zero-order valence-corrected chi connectivity index (χ0v) is 14.0. The number of benzene rings is 1. The van der Waals surface area contributed by atoms with E-state index in [0.29, 0.717) is 10.4 Å². The summed E-state index contributed by atoms with van der Waals surface area (Å²) in [5.41, 5.74) is 1.26. The van der Waals surface area contributed by atoms with Crippen molar-refractivity contribution in [1.29, 1.82) is 5.26 Å². The zero-order valence-electron chi connectivity index (χ0n) is 13.2. The van der Waals surface area contributed by atoms with E-state index in [1.165, 1.54) is 11.3 Å². The summed E-state index contributed by atoms with van der Waals surface area (Å²) >= 11 is 1.27. The first-order valence-electron chi connectivity index (χ1n) is 7.31. The van der Waals surface area contributed by atoms with Crippen LogP contribution >= 0.6 is 11.3 Å². The van der Waals surface area contributed by atoms with Crippen LogP contribution in [0.25, 0.3) is 0 Å². The summed E-state index contributed by atoms with van der Waals surface area (Å²) in [6.45, 7) is -0.459. The first-order valence-corrected chi connectivity index (χ1v) is 8.19. The Hall–Kier alpha value is -3.18. The minimum Gasteiger partial charge on any atom is -0.460 e. The molecule has 7 nitrogen and oxygen atoms in total. The van der Waals surface area contributed by atoms with E-state index in [0.717, 1.165) is 5.56 Å². The van der Waals surface area contributed by atoms with Crippen LogP contribution in [0.3, 0.4) is 0 Å². The summed E-state index contributed by atoms with van der Waals surface area (Å²) in [6.07, 6.45) is 0. The number of ether oxygens (including phenoxy) is 1. The Morgan fingerprint density at radius 3 is 2.48 bits per heavy atom. The summed E-state index contributed by atoms with van der Waals surface area (Å²) in [4.78, 5) is 35.4. The monoisotopic (exact) mass is 357 g/mol. The second-order valence-corrected chi connectivity index (χ2v) is 5.85. The molecule has 0 saturated carbocycles. The molecule has 25 heavy (non-hydrogen) atoms. The van der Waals surface area contributed by atoms with E-state index in [1.54, 1.807) is 41.8 Å². The highest BCUT2D eigenvalue weighted by Crippen LogP contribution is 2.07. The molecular weight excluding hydrogens is 342 g/mol. The minimum atomic E-state index is -0.595. The number of hydrogen-bond donors (Lipinski definition) is 2. The van der Waals surface area contributed by atoms with Gasteiger partial charge >= 0.3 is 5.97 Å². The number of nitrogens with one attached hydrogen (secondary N) is 2. The van der Waals surface area contributed by atoms with Crippen molar-refractivity contribution in [3.8, 4) is 6.07 Å². The number of nitrogens with zero attached hydrogens (tertiary/aromatic N) is 1. The molecule has 0 saturated heterocycles. The number of rotatable bonds is 7. The lowest BCUT2D eigenvalue weighted by Gasteiger charge is -2.07. The Labute approximate surface area is 148 Å². The third-order valence-corrected chi connectivity index (χ3v) is 3.94. The van der Waals surface area contributed by atoms with Gasteiger partial charge in [-0.3, -0.25) is 14.4 Å². The van der Waals surface area contributed by atoms with Crippen LogP contribution in [0.15, 0.2) is 41.8 Å². The van der Waals surface area contributed by atoms with E-state index in [-0.39, 0.29) is 25.6 Å². The normalized spacial score (nSPS) is 9.72. The second kappa shape index (κ2) is 9.20. The molecule has 1 heterocycles. The Morgan fingerprint density at radius 2 is 1.84 bits per heavy atom. The molecule has 1 aromatic heterocycles. The van der Waals surface area contributed by atoms with Crippen LogP contribution in [0.1, 0.15) is 20.8 Å². The highest BCUT2D eigenvalue weighted by molar-refractivity contribution is 7.12. The van der Waals surface area contributed by atoms with Gasteiger partial charge in [0.25, 0.3) is 5.91 Å². The van der Waals surface area contributed by atoms with Crippen LogP contribution in [0.5, 0.6) is 0 Å². The van der Waals surface area contributed by atoms with Gasteiger partial charge < -0.3 is 15.4 Å². The molecule has 0 aliphatic rings. The standard InChI is InChI=1S/C17H15N3O4S/c18-8-12-3-5-13(6-4-12)11-24-16(22)10-19-15(21)9-20-17(23)14-2-1-7-25-14/h1-7H,9-11H2,(H,19,21)(H,20,23). The molecule has 8 heteroatoms. The molecule has 0 fully saturated rings. The van der Waals surface area contributed by atoms with Crippen LogP contribution in [0.2, 0.25) is 0 Å². The number of hydrogen-bond acceptors (Lipinski definition) is 6. The third-order valence-electron chi connectivity index (χ3n) is 3.07. The van der Waals surface area contributed by atoms with Crippen LogP contribution < -0.4 is 10.6 Å². The highest BCUT2D eigenvalue weighted by atomic mass is 32.1. The topological polar surface area (TPSA) is 108 Å². The summed E-state index contributed by atoms with van der Waals surface area (Å²) in [6, 6.07) is 12.0. The first-order chi connectivity index (χ1) is 12.1. The maximum absolute atomic E-state index is 11.7. The van der Waals surface area contributed by atoms with Gasteiger partial charge in [-0.2, -0.15) is 5.26 Å². The molecule has 2 aromatic rings. The fraction of sp³-hybridized carbons (Fsp3) is 0.176. The van der Waals surface area contributed by atoms with Gasteiger partial charge in [0.1, 0.15) is 13.2 Å². The molecule has 0 radical (unpaired) electrons. The van der Waals surface area contributed by atoms with Crippen molar-refractivity contribution >= 4 is 29.1 Å². The van der Waals surface area contributed by atoms with E-state index < -0.39 is 11.9 Å². The van der Waals surface area contributed by atoms with Gasteiger partial charge in [-0.05, 0) is 29.1 Å². The fourth-order valence-corrected chi connectivity index (χ4v) is 2.42. The molecule has 0 aliphatic heterocycles. The first kappa shape index (κ1) is 18.2. The van der Waals surface area contributed by atoms with Crippen molar-refractivity contribution in [3.05, 3.63) is 57.8 Å². The SMILES string of the molecule is N#Cc1ccc(COC(=O)CNC(=O)CNC(=O)c2cccs2)cc1. The van der Waals surface area contributed by atoms with Crippen molar-refractivity contribution in [2.24, 2.45) is 0 Å². The van der Waals surface area contributed by atoms with Crippen LogP contribution in [-0.4, -0.2) is 30.9 Å². The van der Waals surface area contributed by atoms with E-state index in [1.807, 2.05) is 6.07 Å². The fourth-order valence-electron chi connectivity index (χ4n) is 1.78. The van der Waals surface area contributed by atoms with Gasteiger partial charge in [0.05, 0.1) is 23.1 Å². The third kappa shape index (κ3) is 6.08. The number of thiophene rings is 1. The van der Waals surface area contributed by atoms with Crippen molar-refractivity contribution in [3.63, 3.8) is 0 Å². The highest BCUT2D eigenvalue weighted by Gasteiger charge is 2.10. The molecule has 2 N–H and O–H groups in total. The summed E-state index contributed by atoms with van der Waals surface area (Å²) in [7, 11) is 0. The maximum atomic E-state index is 11.7. The smallest absolute Gasteiger partial charge is 0.325 e. The average Bonchev–Trinajstić information content (AvgIpc) is 3.18. The molecular formula is C17H15N3O4S. The number of esters is 1. The lowest BCUT2D eigenvalue weighted by atomic mass is 10.2. The lowest BCUT2D eigenvalue weighted by molar-refractivity contribution is -0.145. The van der Waals surface area contributed by atoms with Gasteiger partial charge in [-0.1, -0.05) is 18.2 Å². The molecule has 128 valence electrons. The van der Waals surface area contributed by atoms with Crippen molar-refractivity contribution in [2.45, 2.75) is 6.61 Å².